The van der Waals surface area contributed by atoms with Crippen molar-refractivity contribution in [3.8, 4) is 0 Å². The number of halogens is 5. The van der Waals surface area contributed by atoms with Crippen LogP contribution in [0, 0.1) is 0 Å². The monoisotopic (exact) mass is 354 g/mol. The van der Waals surface area contributed by atoms with Crippen LogP contribution in [-0.4, -0.2) is 42.7 Å². The van der Waals surface area contributed by atoms with E-state index in [1.54, 1.807) is 0 Å². The Kier molecular flexibility index (Phi) is 5.58. The number of amides is 1. The molecule has 2 rings (SSSR count). The van der Waals surface area contributed by atoms with Crippen molar-refractivity contribution in [2.75, 3.05) is 19.6 Å². The van der Waals surface area contributed by atoms with Gasteiger partial charge in [0.05, 0.1) is 17.0 Å². The molecule has 1 aliphatic rings. The van der Waals surface area contributed by atoms with Crippen LogP contribution in [0.25, 0.3) is 0 Å². The number of hydrogen-bond donors (Lipinski definition) is 1. The van der Waals surface area contributed by atoms with E-state index in [-0.39, 0.29) is 23.2 Å². The van der Waals surface area contributed by atoms with Gasteiger partial charge in [0.1, 0.15) is 0 Å². The molecule has 1 amide bonds. The molecule has 122 valence electrons. The summed E-state index contributed by atoms with van der Waals surface area (Å²) in [5.41, 5.74) is 0.167. The molecule has 1 N–H and O–H groups in total. The number of carbonyl (C=O) groups excluding carboxylic acids is 1. The molecule has 0 saturated carbocycles. The molecule has 1 saturated heterocycles. The largest absolute Gasteiger partial charge is 0.390 e. The fourth-order valence-electron chi connectivity index (χ4n) is 2.42. The lowest BCUT2D eigenvalue weighted by Crippen LogP contribution is -2.43. The van der Waals surface area contributed by atoms with Crippen molar-refractivity contribution in [1.29, 1.82) is 0 Å². The third-order valence-corrected chi connectivity index (χ3v) is 4.08. The minimum atomic E-state index is -4.31. The normalized spacial score (nSPS) is 18.5. The highest BCUT2D eigenvalue weighted by Gasteiger charge is 2.33. The van der Waals surface area contributed by atoms with Crippen molar-refractivity contribution < 1.29 is 18.0 Å². The highest BCUT2D eigenvalue weighted by molar-refractivity contribution is 6.36. The zero-order valence-corrected chi connectivity index (χ0v) is 13.1. The highest BCUT2D eigenvalue weighted by Crippen LogP contribution is 2.26. The molecule has 1 aliphatic heterocycles. The van der Waals surface area contributed by atoms with Crippen molar-refractivity contribution >= 4 is 29.1 Å². The molecule has 1 aromatic rings. The maximum absolute atomic E-state index is 12.6. The molecule has 1 atom stereocenters. The summed E-state index contributed by atoms with van der Waals surface area (Å²) < 4.78 is 37.5. The van der Waals surface area contributed by atoms with E-state index in [1.807, 2.05) is 0 Å². The molecule has 0 radical (unpaired) electrons. The van der Waals surface area contributed by atoms with Crippen molar-refractivity contribution in [1.82, 2.24) is 10.2 Å². The zero-order chi connectivity index (χ0) is 16.3. The van der Waals surface area contributed by atoms with Gasteiger partial charge in [0.2, 0.25) is 0 Å². The molecule has 1 fully saturated rings. The van der Waals surface area contributed by atoms with Gasteiger partial charge < -0.3 is 10.2 Å². The molecular formula is C14H15Cl2F3N2O. The van der Waals surface area contributed by atoms with Gasteiger partial charge in [-0.2, -0.15) is 13.2 Å². The Labute approximate surface area is 136 Å². The number of carbonyl (C=O) groups is 1. The van der Waals surface area contributed by atoms with Crippen LogP contribution in [0.4, 0.5) is 13.2 Å². The van der Waals surface area contributed by atoms with E-state index in [4.69, 9.17) is 23.2 Å². The Hall–Kier alpha value is -0.980. The molecule has 0 bridgehead atoms. The summed E-state index contributed by atoms with van der Waals surface area (Å²) >= 11 is 11.8. The summed E-state index contributed by atoms with van der Waals surface area (Å²) in [6.07, 6.45) is -4.73. The second-order valence-electron chi connectivity index (χ2n) is 5.13. The van der Waals surface area contributed by atoms with Crippen molar-refractivity contribution in [3.63, 3.8) is 0 Å². The Balaban J connectivity index is 2.21. The van der Waals surface area contributed by atoms with E-state index in [1.165, 1.54) is 23.1 Å². The number of alkyl halides is 3. The average Bonchev–Trinajstić information content (AvgIpc) is 2.91. The molecule has 8 heteroatoms. The molecule has 0 aromatic heterocycles. The lowest BCUT2D eigenvalue weighted by molar-refractivity contribution is -0.137. The average molecular weight is 355 g/mol. The lowest BCUT2D eigenvalue weighted by Gasteiger charge is -2.29. The predicted octanol–water partition coefficient (Wildman–Crippen LogP) is 3.75. The van der Waals surface area contributed by atoms with Crippen LogP contribution in [-0.2, 0) is 0 Å². The number of benzene rings is 1. The number of hydrogen-bond acceptors (Lipinski definition) is 2. The van der Waals surface area contributed by atoms with E-state index < -0.39 is 18.5 Å². The molecule has 0 spiro atoms. The smallest absolute Gasteiger partial charge is 0.334 e. The minimum Gasteiger partial charge on any atom is -0.334 e. The molecule has 1 heterocycles. The van der Waals surface area contributed by atoms with E-state index in [0.717, 1.165) is 0 Å². The van der Waals surface area contributed by atoms with Crippen molar-refractivity contribution in [3.05, 3.63) is 33.8 Å². The maximum atomic E-state index is 12.6. The van der Waals surface area contributed by atoms with E-state index in [9.17, 15) is 18.0 Å². The first-order chi connectivity index (χ1) is 10.3. The van der Waals surface area contributed by atoms with Gasteiger partial charge in [0.15, 0.2) is 0 Å². The number of rotatable bonds is 4. The van der Waals surface area contributed by atoms with Gasteiger partial charge in [-0.1, -0.05) is 23.2 Å². The number of nitrogens with zero attached hydrogens (tertiary/aromatic N) is 1. The second-order valence-corrected chi connectivity index (χ2v) is 5.98. The summed E-state index contributed by atoms with van der Waals surface area (Å²) in [4.78, 5) is 13.8. The lowest BCUT2D eigenvalue weighted by atomic mass is 10.1. The van der Waals surface area contributed by atoms with Crippen LogP contribution in [0.3, 0.4) is 0 Å². The van der Waals surface area contributed by atoms with Crippen LogP contribution in [0.1, 0.15) is 23.2 Å². The fourth-order valence-corrected chi connectivity index (χ4v) is 2.91. The third kappa shape index (κ3) is 4.51. The Morgan fingerprint density at radius 3 is 2.64 bits per heavy atom. The van der Waals surface area contributed by atoms with E-state index >= 15 is 0 Å². The van der Waals surface area contributed by atoms with Crippen LogP contribution >= 0.6 is 23.2 Å². The molecule has 0 aliphatic carbocycles. The SMILES string of the molecule is O=C(c1ccc(Cl)cc1Cl)N(CCC(F)(F)F)[C@H]1CCNC1. The standard InChI is InChI=1S/C14H15Cl2F3N2O/c15-9-1-2-11(12(16)7-9)13(22)21(6-4-14(17,18)19)10-3-5-20-8-10/h1-2,7,10,20H,3-6,8H2/t10-/m0/s1. The summed E-state index contributed by atoms with van der Waals surface area (Å²) in [7, 11) is 0. The third-order valence-electron chi connectivity index (χ3n) is 3.53. The van der Waals surface area contributed by atoms with Crippen molar-refractivity contribution in [2.45, 2.75) is 25.1 Å². The predicted molar refractivity (Wildman–Crippen MR) is 79.4 cm³/mol. The van der Waals surface area contributed by atoms with Crippen LogP contribution in [0.2, 0.25) is 10.0 Å². The van der Waals surface area contributed by atoms with Gasteiger partial charge in [0, 0.05) is 24.2 Å². The first kappa shape index (κ1) is 17.4. The summed E-state index contributed by atoms with van der Waals surface area (Å²) in [5.74, 6) is -0.500. The summed E-state index contributed by atoms with van der Waals surface area (Å²) in [6, 6.07) is 4.08. The summed E-state index contributed by atoms with van der Waals surface area (Å²) in [6.45, 7) is 0.775. The van der Waals surface area contributed by atoms with Crippen LogP contribution in [0.15, 0.2) is 18.2 Å². The van der Waals surface area contributed by atoms with Gasteiger partial charge in [-0.05, 0) is 31.2 Å². The maximum Gasteiger partial charge on any atom is 0.390 e. The Morgan fingerprint density at radius 1 is 1.36 bits per heavy atom. The first-order valence-electron chi connectivity index (χ1n) is 6.81. The molecular weight excluding hydrogens is 340 g/mol. The van der Waals surface area contributed by atoms with Crippen molar-refractivity contribution in [2.24, 2.45) is 0 Å². The Bertz CT molecular complexity index is 545. The van der Waals surface area contributed by atoms with E-state index in [2.05, 4.69) is 5.32 Å². The highest BCUT2D eigenvalue weighted by atomic mass is 35.5. The van der Waals surface area contributed by atoms with Gasteiger partial charge in [0.25, 0.3) is 5.91 Å². The summed E-state index contributed by atoms with van der Waals surface area (Å²) in [5, 5.41) is 3.56. The topological polar surface area (TPSA) is 32.3 Å². The number of nitrogens with one attached hydrogen (secondary N) is 1. The quantitative estimate of drug-likeness (QED) is 0.892. The fraction of sp³-hybridized carbons (Fsp3) is 0.500. The van der Waals surface area contributed by atoms with Crippen LogP contribution in [0.5, 0.6) is 0 Å². The van der Waals surface area contributed by atoms with Gasteiger partial charge in [-0.25, -0.2) is 0 Å². The molecule has 22 heavy (non-hydrogen) atoms. The van der Waals surface area contributed by atoms with Gasteiger partial charge in [-0.15, -0.1) is 0 Å². The molecule has 3 nitrogen and oxygen atoms in total. The first-order valence-corrected chi connectivity index (χ1v) is 7.57. The minimum absolute atomic E-state index is 0.139. The second kappa shape index (κ2) is 7.06. The molecule has 1 aromatic carbocycles. The van der Waals surface area contributed by atoms with Crippen LogP contribution < -0.4 is 5.32 Å². The zero-order valence-electron chi connectivity index (χ0n) is 11.6. The van der Waals surface area contributed by atoms with Gasteiger partial charge >= 0.3 is 6.18 Å². The molecule has 0 unspecified atom stereocenters. The van der Waals surface area contributed by atoms with Gasteiger partial charge in [-0.3, -0.25) is 4.79 Å². The van der Waals surface area contributed by atoms with E-state index in [0.29, 0.717) is 24.5 Å². The Morgan fingerprint density at radius 2 is 2.09 bits per heavy atom.